The van der Waals surface area contributed by atoms with E-state index in [0.29, 0.717) is 18.8 Å². The number of thioether (sulfide) groups is 1. The molecule has 2 atom stereocenters. The number of hydrogen-bond donors (Lipinski definition) is 2. The van der Waals surface area contributed by atoms with Crippen LogP contribution in [0.15, 0.2) is 48.5 Å². The number of carboxylic acids is 1. The number of carbonyl (C=O) groups excluding carboxylic acids is 2. The van der Waals surface area contributed by atoms with Crippen molar-refractivity contribution in [1.82, 2.24) is 10.2 Å². The number of rotatable bonds is 8. The topological polar surface area (TPSA) is 95.9 Å². The van der Waals surface area contributed by atoms with E-state index in [4.69, 9.17) is 4.74 Å². The summed E-state index contributed by atoms with van der Waals surface area (Å²) in [6, 6.07) is 16.4. The average Bonchev–Trinajstić information content (AvgIpc) is 3.32. The third-order valence-corrected chi connectivity index (χ3v) is 7.97. The van der Waals surface area contributed by atoms with Crippen molar-refractivity contribution < 1.29 is 24.2 Å². The molecule has 2 N–H and O–H groups in total. The summed E-state index contributed by atoms with van der Waals surface area (Å²) in [7, 11) is 0. The molecule has 0 bridgehead atoms. The van der Waals surface area contributed by atoms with Crippen LogP contribution < -0.4 is 5.32 Å². The van der Waals surface area contributed by atoms with Gasteiger partial charge < -0.3 is 20.1 Å². The Morgan fingerprint density at radius 2 is 1.74 bits per heavy atom. The summed E-state index contributed by atoms with van der Waals surface area (Å²) in [6.45, 7) is 4.91. The minimum atomic E-state index is -0.897. The number of nitrogens with one attached hydrogen (secondary N) is 1. The number of alkyl carbamates (subject to hydrolysis) is 1. The molecule has 34 heavy (non-hydrogen) atoms. The predicted octanol–water partition coefficient (Wildman–Crippen LogP) is 3.83. The van der Waals surface area contributed by atoms with Crippen LogP contribution in [0, 0.1) is 11.3 Å². The van der Waals surface area contributed by atoms with E-state index < -0.39 is 17.5 Å². The van der Waals surface area contributed by atoms with Gasteiger partial charge in [0, 0.05) is 31.3 Å². The van der Waals surface area contributed by atoms with Crippen molar-refractivity contribution >= 4 is 29.7 Å². The van der Waals surface area contributed by atoms with Gasteiger partial charge in [-0.1, -0.05) is 55.5 Å². The minimum Gasteiger partial charge on any atom is -0.481 e. The van der Waals surface area contributed by atoms with Crippen LogP contribution in [0.2, 0.25) is 0 Å². The van der Waals surface area contributed by atoms with Crippen LogP contribution in [0.4, 0.5) is 4.79 Å². The van der Waals surface area contributed by atoms with Gasteiger partial charge in [-0.15, -0.1) is 0 Å². The molecule has 2 unspecified atom stereocenters. The number of hydrogen-bond acceptors (Lipinski definition) is 5. The molecule has 4 rings (SSSR count). The van der Waals surface area contributed by atoms with Crippen molar-refractivity contribution in [2.24, 2.45) is 11.3 Å². The summed E-state index contributed by atoms with van der Waals surface area (Å²) in [5, 5.41) is 12.2. The molecular formula is C26H30N2O5S. The van der Waals surface area contributed by atoms with E-state index in [1.165, 1.54) is 34.0 Å². The Labute approximate surface area is 203 Å². The number of benzene rings is 2. The van der Waals surface area contributed by atoms with Crippen LogP contribution in [0.25, 0.3) is 11.1 Å². The van der Waals surface area contributed by atoms with Gasteiger partial charge in [0.05, 0.1) is 11.2 Å². The van der Waals surface area contributed by atoms with Gasteiger partial charge in [0.25, 0.3) is 0 Å². The lowest BCUT2D eigenvalue weighted by Gasteiger charge is -2.22. The highest BCUT2D eigenvalue weighted by molar-refractivity contribution is 7.99. The van der Waals surface area contributed by atoms with Gasteiger partial charge in [-0.3, -0.25) is 9.59 Å². The number of nitrogens with zero attached hydrogens (tertiary/aromatic N) is 1. The summed E-state index contributed by atoms with van der Waals surface area (Å²) in [5.41, 5.74) is 3.81. The molecule has 1 fully saturated rings. The molecule has 8 heteroatoms. The number of amides is 2. The largest absolute Gasteiger partial charge is 0.481 e. The number of aliphatic carboxylic acids is 1. The molecule has 2 amide bonds. The maximum absolute atomic E-state index is 12.4. The van der Waals surface area contributed by atoms with Gasteiger partial charge in [-0.25, -0.2) is 4.79 Å². The summed E-state index contributed by atoms with van der Waals surface area (Å²) in [6.07, 6.45) is -0.473. The number of carbonyl (C=O) groups is 3. The highest BCUT2D eigenvalue weighted by Crippen LogP contribution is 2.44. The van der Waals surface area contributed by atoms with E-state index in [2.05, 4.69) is 29.6 Å². The van der Waals surface area contributed by atoms with Crippen molar-refractivity contribution in [2.45, 2.75) is 19.8 Å². The highest BCUT2D eigenvalue weighted by atomic mass is 32.2. The first-order valence-corrected chi connectivity index (χ1v) is 12.6. The zero-order valence-corrected chi connectivity index (χ0v) is 20.3. The Hall–Kier alpha value is -3.00. The Balaban J connectivity index is 1.18. The van der Waals surface area contributed by atoms with Crippen LogP contribution in [-0.2, 0) is 14.3 Å². The first-order chi connectivity index (χ1) is 16.3. The Kier molecular flexibility index (Phi) is 7.16. The van der Waals surface area contributed by atoms with Gasteiger partial charge in [0.1, 0.15) is 6.61 Å². The number of fused-ring (bicyclic) bond motifs is 3. The number of likely N-dealkylation sites (tertiary alicyclic amines) is 1. The van der Waals surface area contributed by atoms with Crippen molar-refractivity contribution in [3.8, 4) is 11.1 Å². The molecule has 0 radical (unpaired) electrons. The number of ether oxygens (including phenoxy) is 1. The summed E-state index contributed by atoms with van der Waals surface area (Å²) in [4.78, 5) is 37.8. The maximum Gasteiger partial charge on any atom is 0.407 e. The predicted molar refractivity (Wildman–Crippen MR) is 132 cm³/mol. The SMILES string of the molecule is CC1CN(C(=O)CSCCNC(=O)OCC2c3ccccc3-c3ccccc32)CC1(C)C(=O)O. The minimum absolute atomic E-state index is 0.0180. The molecule has 1 heterocycles. The highest BCUT2D eigenvalue weighted by Gasteiger charge is 2.47. The lowest BCUT2D eigenvalue weighted by Crippen LogP contribution is -2.37. The van der Waals surface area contributed by atoms with E-state index in [0.717, 1.165) is 0 Å². The molecule has 7 nitrogen and oxygen atoms in total. The molecule has 180 valence electrons. The monoisotopic (exact) mass is 482 g/mol. The normalized spacial score (nSPS) is 21.1. The second-order valence-electron chi connectivity index (χ2n) is 9.20. The molecule has 1 aliphatic carbocycles. The van der Waals surface area contributed by atoms with Crippen molar-refractivity contribution in [2.75, 3.05) is 37.7 Å². The molecule has 2 aromatic rings. The lowest BCUT2D eigenvalue weighted by atomic mass is 9.81. The molecule has 1 aliphatic heterocycles. The van der Waals surface area contributed by atoms with E-state index in [1.807, 2.05) is 31.2 Å². The zero-order valence-electron chi connectivity index (χ0n) is 19.5. The van der Waals surface area contributed by atoms with E-state index in [9.17, 15) is 19.5 Å². The van der Waals surface area contributed by atoms with E-state index in [-0.39, 0.29) is 36.6 Å². The van der Waals surface area contributed by atoms with Crippen molar-refractivity contribution in [1.29, 1.82) is 0 Å². The van der Waals surface area contributed by atoms with Gasteiger partial charge in [0.15, 0.2) is 0 Å². The van der Waals surface area contributed by atoms with Crippen LogP contribution in [0.5, 0.6) is 0 Å². The van der Waals surface area contributed by atoms with Gasteiger partial charge in [-0.2, -0.15) is 11.8 Å². The molecule has 0 saturated carbocycles. The average molecular weight is 483 g/mol. The van der Waals surface area contributed by atoms with Crippen LogP contribution in [0.3, 0.4) is 0 Å². The third kappa shape index (κ3) is 4.78. The fourth-order valence-electron chi connectivity index (χ4n) is 4.74. The quantitative estimate of drug-likeness (QED) is 0.556. The first-order valence-electron chi connectivity index (χ1n) is 11.5. The van der Waals surface area contributed by atoms with Gasteiger partial charge in [0.2, 0.25) is 5.91 Å². The standard InChI is InChI=1S/C26H30N2O5S/c1-17-13-28(16-26(17,2)24(30)31)23(29)15-34-12-11-27-25(32)33-14-22-20-9-5-3-7-18(20)19-8-4-6-10-21(19)22/h3-10,17,22H,11-16H2,1-2H3,(H,27,32)(H,30,31). The Morgan fingerprint density at radius 1 is 1.12 bits per heavy atom. The zero-order chi connectivity index (χ0) is 24.3. The second kappa shape index (κ2) is 10.1. The van der Waals surface area contributed by atoms with Crippen molar-refractivity contribution in [3.05, 3.63) is 59.7 Å². The Bertz CT molecular complexity index is 1040. The second-order valence-corrected chi connectivity index (χ2v) is 10.3. The summed E-state index contributed by atoms with van der Waals surface area (Å²) < 4.78 is 5.52. The molecule has 2 aromatic carbocycles. The maximum atomic E-state index is 12.4. The van der Waals surface area contributed by atoms with Gasteiger partial charge in [-0.05, 0) is 35.1 Å². The summed E-state index contributed by atoms with van der Waals surface area (Å²) >= 11 is 1.42. The third-order valence-electron chi connectivity index (χ3n) is 7.03. The van der Waals surface area contributed by atoms with E-state index in [1.54, 1.807) is 11.8 Å². The fraction of sp³-hybridized carbons (Fsp3) is 0.423. The van der Waals surface area contributed by atoms with Crippen LogP contribution in [0.1, 0.15) is 30.9 Å². The Morgan fingerprint density at radius 3 is 2.32 bits per heavy atom. The van der Waals surface area contributed by atoms with Crippen LogP contribution >= 0.6 is 11.8 Å². The molecule has 0 spiro atoms. The van der Waals surface area contributed by atoms with Crippen molar-refractivity contribution in [3.63, 3.8) is 0 Å². The first kappa shape index (κ1) is 24.1. The number of carboxylic acid groups (broad SMARTS) is 1. The molecule has 2 aliphatic rings. The summed E-state index contributed by atoms with van der Waals surface area (Å²) in [5.74, 6) is -0.179. The smallest absolute Gasteiger partial charge is 0.407 e. The lowest BCUT2D eigenvalue weighted by molar-refractivity contribution is -0.149. The van der Waals surface area contributed by atoms with Gasteiger partial charge >= 0.3 is 12.1 Å². The molecule has 0 aromatic heterocycles. The molecule has 1 saturated heterocycles. The van der Waals surface area contributed by atoms with Crippen LogP contribution in [-0.4, -0.2) is 65.7 Å². The van der Waals surface area contributed by atoms with E-state index >= 15 is 0 Å². The fourth-order valence-corrected chi connectivity index (χ4v) is 5.49. The molecular weight excluding hydrogens is 452 g/mol.